The molecule has 1 unspecified atom stereocenters. The van der Waals surface area contributed by atoms with Crippen LogP contribution in [0.4, 0.5) is 4.39 Å². The molecule has 1 aromatic carbocycles. The van der Waals surface area contributed by atoms with Crippen LogP contribution in [0.2, 0.25) is 0 Å². The van der Waals surface area contributed by atoms with Crippen molar-refractivity contribution in [3.63, 3.8) is 0 Å². The molecule has 0 heterocycles. The van der Waals surface area contributed by atoms with Crippen molar-refractivity contribution in [2.75, 3.05) is 0 Å². The smallest absolute Gasteiger partial charge is 0.326 e. The Morgan fingerprint density at radius 3 is 2.78 bits per heavy atom. The molecule has 0 saturated heterocycles. The number of nitrogens with one attached hydrogen (secondary N) is 1. The van der Waals surface area contributed by atoms with Crippen molar-refractivity contribution in [1.82, 2.24) is 5.32 Å². The van der Waals surface area contributed by atoms with Gasteiger partial charge in [-0.25, -0.2) is 9.18 Å². The summed E-state index contributed by atoms with van der Waals surface area (Å²) < 4.78 is 12.8. The highest BCUT2D eigenvalue weighted by Gasteiger charge is 2.15. The number of carboxylic acids is 1. The van der Waals surface area contributed by atoms with Gasteiger partial charge in [0.05, 0.1) is 0 Å². The van der Waals surface area contributed by atoms with Gasteiger partial charge in [-0.2, -0.15) is 0 Å². The van der Waals surface area contributed by atoms with Crippen molar-refractivity contribution < 1.29 is 19.1 Å². The van der Waals surface area contributed by atoms with Crippen molar-refractivity contribution in [1.29, 1.82) is 0 Å². The van der Waals surface area contributed by atoms with Crippen molar-refractivity contribution in [2.24, 2.45) is 0 Å². The molecule has 0 fully saturated rings. The minimum atomic E-state index is -1.08. The van der Waals surface area contributed by atoms with Crippen LogP contribution in [-0.4, -0.2) is 23.0 Å². The summed E-state index contributed by atoms with van der Waals surface area (Å²) in [4.78, 5) is 22.1. The summed E-state index contributed by atoms with van der Waals surface area (Å²) in [6.45, 7) is 1.66. The quantitative estimate of drug-likeness (QED) is 0.784. The van der Waals surface area contributed by atoms with Gasteiger partial charge in [0, 0.05) is 6.08 Å². The van der Waals surface area contributed by atoms with E-state index in [1.165, 1.54) is 30.4 Å². The summed E-state index contributed by atoms with van der Waals surface area (Å²) in [5, 5.41) is 11.1. The molecule has 0 spiro atoms. The molecular weight excluding hydrogens is 237 g/mol. The Bertz CT molecular complexity index is 471. The molecule has 4 nitrogen and oxygen atoms in total. The number of hydrogen-bond acceptors (Lipinski definition) is 2. The average Bonchev–Trinajstić information content (AvgIpc) is 2.33. The number of halogens is 1. The molecule has 0 aromatic heterocycles. The predicted molar refractivity (Wildman–Crippen MR) is 65.3 cm³/mol. The van der Waals surface area contributed by atoms with Gasteiger partial charge in [-0.15, -0.1) is 0 Å². The van der Waals surface area contributed by atoms with Crippen molar-refractivity contribution in [3.05, 3.63) is 41.7 Å². The van der Waals surface area contributed by atoms with E-state index in [1.54, 1.807) is 13.0 Å². The Labute approximate surface area is 104 Å². The van der Waals surface area contributed by atoms with Gasteiger partial charge < -0.3 is 10.4 Å². The van der Waals surface area contributed by atoms with E-state index in [0.29, 0.717) is 12.0 Å². The minimum Gasteiger partial charge on any atom is -0.480 e. The van der Waals surface area contributed by atoms with E-state index >= 15 is 0 Å². The van der Waals surface area contributed by atoms with Crippen LogP contribution in [0.3, 0.4) is 0 Å². The van der Waals surface area contributed by atoms with E-state index in [9.17, 15) is 14.0 Å². The molecule has 0 aliphatic rings. The predicted octanol–water partition coefficient (Wildman–Crippen LogP) is 1.82. The second-order valence-electron chi connectivity index (χ2n) is 3.70. The van der Waals surface area contributed by atoms with Crippen molar-refractivity contribution >= 4 is 18.0 Å². The van der Waals surface area contributed by atoms with Gasteiger partial charge in [0.1, 0.15) is 11.9 Å². The van der Waals surface area contributed by atoms with Gasteiger partial charge in [0.2, 0.25) is 5.91 Å². The van der Waals surface area contributed by atoms with E-state index in [2.05, 4.69) is 5.32 Å². The maximum absolute atomic E-state index is 12.8. The van der Waals surface area contributed by atoms with Gasteiger partial charge in [-0.1, -0.05) is 19.1 Å². The molecule has 96 valence electrons. The van der Waals surface area contributed by atoms with Crippen LogP contribution in [0.1, 0.15) is 18.9 Å². The lowest BCUT2D eigenvalue weighted by molar-refractivity contribution is -0.141. The molecule has 0 bridgehead atoms. The monoisotopic (exact) mass is 251 g/mol. The fourth-order valence-corrected chi connectivity index (χ4v) is 1.34. The molecular formula is C13H14FNO3. The standard InChI is InChI=1S/C13H14FNO3/c1-2-11(13(17)18)15-12(16)7-6-9-4-3-5-10(14)8-9/h3-8,11H,2H2,1H3,(H,15,16)(H,17,18)/b7-6+. The zero-order chi connectivity index (χ0) is 13.5. The third kappa shape index (κ3) is 4.37. The fraction of sp³-hybridized carbons (Fsp3) is 0.231. The van der Waals surface area contributed by atoms with Gasteiger partial charge in [0.15, 0.2) is 0 Å². The molecule has 18 heavy (non-hydrogen) atoms. The SMILES string of the molecule is CCC(NC(=O)/C=C/c1cccc(F)c1)C(=O)O. The molecule has 2 N–H and O–H groups in total. The van der Waals surface area contributed by atoms with Crippen LogP contribution in [0.5, 0.6) is 0 Å². The number of carboxylic acid groups (broad SMARTS) is 1. The fourth-order valence-electron chi connectivity index (χ4n) is 1.34. The number of rotatable bonds is 5. The van der Waals surface area contributed by atoms with Crippen molar-refractivity contribution in [3.8, 4) is 0 Å². The van der Waals surface area contributed by atoms with Crippen LogP contribution in [0.15, 0.2) is 30.3 Å². The highest BCUT2D eigenvalue weighted by atomic mass is 19.1. The first kappa shape index (κ1) is 13.9. The van der Waals surface area contributed by atoms with E-state index in [-0.39, 0.29) is 0 Å². The van der Waals surface area contributed by atoms with Gasteiger partial charge in [-0.3, -0.25) is 4.79 Å². The summed E-state index contributed by atoms with van der Waals surface area (Å²) in [5.74, 6) is -1.99. The second kappa shape index (κ2) is 6.54. The molecule has 1 amide bonds. The number of benzene rings is 1. The number of carbonyl (C=O) groups excluding carboxylic acids is 1. The highest BCUT2D eigenvalue weighted by Crippen LogP contribution is 2.05. The van der Waals surface area contributed by atoms with E-state index in [0.717, 1.165) is 0 Å². The number of aliphatic carboxylic acids is 1. The molecule has 0 saturated carbocycles. The summed E-state index contributed by atoms with van der Waals surface area (Å²) in [7, 11) is 0. The first-order valence-electron chi connectivity index (χ1n) is 5.50. The van der Waals surface area contributed by atoms with Gasteiger partial charge in [0.25, 0.3) is 0 Å². The molecule has 0 radical (unpaired) electrons. The lowest BCUT2D eigenvalue weighted by atomic mass is 10.2. The van der Waals surface area contributed by atoms with Gasteiger partial charge in [-0.05, 0) is 30.2 Å². The maximum Gasteiger partial charge on any atom is 0.326 e. The van der Waals surface area contributed by atoms with E-state index in [1.807, 2.05) is 0 Å². The number of amides is 1. The normalized spacial score (nSPS) is 12.3. The Morgan fingerprint density at radius 2 is 2.22 bits per heavy atom. The zero-order valence-electron chi connectivity index (χ0n) is 9.89. The summed E-state index contributed by atoms with van der Waals surface area (Å²) in [6, 6.07) is 4.84. The molecule has 1 aromatic rings. The molecule has 1 atom stereocenters. The largest absolute Gasteiger partial charge is 0.480 e. The lowest BCUT2D eigenvalue weighted by Gasteiger charge is -2.09. The minimum absolute atomic E-state index is 0.300. The van der Waals surface area contributed by atoms with E-state index < -0.39 is 23.7 Å². The van der Waals surface area contributed by atoms with Crippen LogP contribution >= 0.6 is 0 Å². The van der Waals surface area contributed by atoms with Crippen LogP contribution in [0.25, 0.3) is 6.08 Å². The van der Waals surface area contributed by atoms with Crippen molar-refractivity contribution in [2.45, 2.75) is 19.4 Å². The second-order valence-corrected chi connectivity index (χ2v) is 3.70. The number of carbonyl (C=O) groups is 2. The van der Waals surface area contributed by atoms with E-state index in [4.69, 9.17) is 5.11 Å². The zero-order valence-corrected chi connectivity index (χ0v) is 9.89. The summed E-state index contributed by atoms with van der Waals surface area (Å²) in [5.41, 5.74) is 0.536. The Balaban J connectivity index is 2.62. The third-order valence-electron chi connectivity index (χ3n) is 2.30. The van der Waals surface area contributed by atoms with Crippen LogP contribution in [0, 0.1) is 5.82 Å². The Hall–Kier alpha value is -2.17. The Morgan fingerprint density at radius 1 is 1.50 bits per heavy atom. The third-order valence-corrected chi connectivity index (χ3v) is 2.30. The molecule has 1 rings (SSSR count). The summed E-state index contributed by atoms with van der Waals surface area (Å²) >= 11 is 0. The topological polar surface area (TPSA) is 66.4 Å². The lowest BCUT2D eigenvalue weighted by Crippen LogP contribution is -2.39. The number of hydrogen-bond donors (Lipinski definition) is 2. The molecule has 0 aliphatic carbocycles. The first-order chi connectivity index (χ1) is 8.52. The van der Waals surface area contributed by atoms with Gasteiger partial charge >= 0.3 is 5.97 Å². The molecule has 5 heteroatoms. The maximum atomic E-state index is 12.8. The summed E-state index contributed by atoms with van der Waals surface area (Å²) in [6.07, 6.45) is 2.90. The first-order valence-corrected chi connectivity index (χ1v) is 5.50. The molecule has 0 aliphatic heterocycles. The highest BCUT2D eigenvalue weighted by molar-refractivity contribution is 5.94. The van der Waals surface area contributed by atoms with Crippen LogP contribution in [-0.2, 0) is 9.59 Å². The van der Waals surface area contributed by atoms with Crippen LogP contribution < -0.4 is 5.32 Å². The Kier molecular flexibility index (Phi) is 5.05. The average molecular weight is 251 g/mol.